The molecule has 7 heteroatoms. The Balaban J connectivity index is 2.00. The van der Waals surface area contributed by atoms with Gasteiger partial charge in [0.1, 0.15) is 5.75 Å². The Labute approximate surface area is 129 Å². The summed E-state index contributed by atoms with van der Waals surface area (Å²) in [4.78, 5) is 20.6. The highest BCUT2D eigenvalue weighted by atomic mass is 32.1. The normalized spacial score (nSPS) is 17.5. The number of pyridine rings is 1. The lowest BCUT2D eigenvalue weighted by atomic mass is 10.1. The number of hydrogen-bond donors (Lipinski definition) is 2. The average Bonchev–Trinajstić information content (AvgIpc) is 2.48. The van der Waals surface area contributed by atoms with Crippen molar-refractivity contribution in [3.63, 3.8) is 0 Å². The van der Waals surface area contributed by atoms with Crippen LogP contribution >= 0.6 is 12.2 Å². The minimum absolute atomic E-state index is 0.0838. The van der Waals surface area contributed by atoms with Crippen molar-refractivity contribution in [3.8, 4) is 5.75 Å². The number of nitrogens with two attached hydrogens (primary N) is 1. The van der Waals surface area contributed by atoms with Crippen LogP contribution in [0.15, 0.2) is 18.5 Å². The highest BCUT2D eigenvalue weighted by molar-refractivity contribution is 7.80. The zero-order valence-corrected chi connectivity index (χ0v) is 12.8. The van der Waals surface area contributed by atoms with E-state index < -0.39 is 0 Å². The molecule has 0 saturated carbocycles. The molecule has 3 N–H and O–H groups in total. The Hall–Kier alpha value is -1.73. The summed E-state index contributed by atoms with van der Waals surface area (Å²) in [5.74, 6) is -0.252. The average molecular weight is 308 g/mol. The van der Waals surface area contributed by atoms with E-state index in [0.717, 1.165) is 19.5 Å². The van der Waals surface area contributed by atoms with Gasteiger partial charge in [0.2, 0.25) is 0 Å². The Morgan fingerprint density at radius 2 is 2.14 bits per heavy atom. The molecule has 114 valence electrons. The molecular formula is C14H20N4O2S. The van der Waals surface area contributed by atoms with Crippen molar-refractivity contribution in [1.29, 1.82) is 0 Å². The Kier molecular flexibility index (Phi) is 5.08. The van der Waals surface area contributed by atoms with Gasteiger partial charge in [-0.25, -0.2) is 0 Å². The molecule has 1 unspecified atom stereocenters. The molecule has 2 rings (SSSR count). The molecule has 6 nitrogen and oxygen atoms in total. The van der Waals surface area contributed by atoms with Crippen molar-refractivity contribution in [2.45, 2.75) is 19.4 Å². The molecule has 21 heavy (non-hydrogen) atoms. The third-order valence-electron chi connectivity index (χ3n) is 3.79. The summed E-state index contributed by atoms with van der Waals surface area (Å²) < 4.78 is 0. The van der Waals surface area contributed by atoms with E-state index in [4.69, 9.17) is 18.0 Å². The van der Waals surface area contributed by atoms with Crippen LogP contribution in [0.4, 0.5) is 0 Å². The maximum atomic E-state index is 12.4. The summed E-state index contributed by atoms with van der Waals surface area (Å²) in [5.41, 5.74) is 6.04. The van der Waals surface area contributed by atoms with Gasteiger partial charge in [0.15, 0.2) is 0 Å². The monoisotopic (exact) mass is 308 g/mol. The van der Waals surface area contributed by atoms with E-state index in [9.17, 15) is 9.90 Å². The molecule has 1 atom stereocenters. The van der Waals surface area contributed by atoms with Gasteiger partial charge in [-0.1, -0.05) is 19.1 Å². The molecular weight excluding hydrogens is 288 g/mol. The molecule has 0 spiro atoms. The topological polar surface area (TPSA) is 82.7 Å². The van der Waals surface area contributed by atoms with Gasteiger partial charge in [-0.05, 0) is 12.5 Å². The number of aromatic hydroxyl groups is 1. The van der Waals surface area contributed by atoms with Gasteiger partial charge in [0.25, 0.3) is 5.91 Å². The maximum absolute atomic E-state index is 12.4. The number of thiocarbonyl (C=S) groups is 1. The second-order valence-corrected chi connectivity index (χ2v) is 5.52. The third-order valence-corrected chi connectivity index (χ3v) is 4.06. The molecule has 0 bridgehead atoms. The van der Waals surface area contributed by atoms with Crippen molar-refractivity contribution >= 4 is 23.1 Å². The van der Waals surface area contributed by atoms with Crippen LogP contribution in [0, 0.1) is 0 Å². The molecule has 1 fully saturated rings. The van der Waals surface area contributed by atoms with Crippen molar-refractivity contribution in [2.24, 2.45) is 5.73 Å². The minimum atomic E-state index is -0.169. The Bertz CT molecular complexity index is 529. The van der Waals surface area contributed by atoms with E-state index in [2.05, 4.69) is 16.8 Å². The van der Waals surface area contributed by atoms with Crippen molar-refractivity contribution in [1.82, 2.24) is 14.8 Å². The van der Waals surface area contributed by atoms with Gasteiger partial charge >= 0.3 is 0 Å². The fourth-order valence-electron chi connectivity index (χ4n) is 2.61. The molecule has 0 radical (unpaired) electrons. The third kappa shape index (κ3) is 3.48. The van der Waals surface area contributed by atoms with E-state index in [0.29, 0.717) is 23.6 Å². The second kappa shape index (κ2) is 6.82. The van der Waals surface area contributed by atoms with Crippen LogP contribution in [-0.4, -0.2) is 63.0 Å². The van der Waals surface area contributed by atoms with Crippen molar-refractivity contribution < 1.29 is 9.90 Å². The number of rotatable bonds is 4. The van der Waals surface area contributed by atoms with Gasteiger partial charge in [-0.3, -0.25) is 14.7 Å². The summed E-state index contributed by atoms with van der Waals surface area (Å²) in [6.45, 7) is 4.71. The standard InChI is InChI=1S/C14H20N4O2S/c1-2-11(13(15)21)17-5-7-18(8-6-17)14(20)10-3-4-16-9-12(10)19/h3-4,9,11,19H,2,5-8H2,1H3,(H2,15,21). The van der Waals surface area contributed by atoms with Crippen LogP contribution in [0.3, 0.4) is 0 Å². The number of amides is 1. The number of hydrogen-bond acceptors (Lipinski definition) is 5. The fraction of sp³-hybridized carbons (Fsp3) is 0.500. The second-order valence-electron chi connectivity index (χ2n) is 5.05. The lowest BCUT2D eigenvalue weighted by Gasteiger charge is -2.38. The van der Waals surface area contributed by atoms with E-state index in [-0.39, 0.29) is 17.7 Å². The highest BCUT2D eigenvalue weighted by Gasteiger charge is 2.27. The fourth-order valence-corrected chi connectivity index (χ4v) is 2.93. The van der Waals surface area contributed by atoms with Crippen LogP contribution in [-0.2, 0) is 0 Å². The quantitative estimate of drug-likeness (QED) is 0.793. The van der Waals surface area contributed by atoms with Gasteiger partial charge in [-0.2, -0.15) is 0 Å². The van der Waals surface area contributed by atoms with Crippen molar-refractivity contribution in [3.05, 3.63) is 24.0 Å². The number of nitrogens with zero attached hydrogens (tertiary/aromatic N) is 3. The first kappa shape index (κ1) is 15.7. The molecule has 0 aliphatic carbocycles. The van der Waals surface area contributed by atoms with Gasteiger partial charge in [0, 0.05) is 32.4 Å². The highest BCUT2D eigenvalue weighted by Crippen LogP contribution is 2.18. The predicted molar refractivity (Wildman–Crippen MR) is 84.2 cm³/mol. The first-order valence-electron chi connectivity index (χ1n) is 7.00. The van der Waals surface area contributed by atoms with Gasteiger partial charge < -0.3 is 15.7 Å². The van der Waals surface area contributed by atoms with Crippen LogP contribution < -0.4 is 5.73 Å². The van der Waals surface area contributed by atoms with E-state index in [1.165, 1.54) is 18.5 Å². The number of carbonyl (C=O) groups is 1. The van der Waals surface area contributed by atoms with Crippen LogP contribution in [0.25, 0.3) is 0 Å². The summed E-state index contributed by atoms with van der Waals surface area (Å²) in [7, 11) is 0. The molecule has 1 aromatic heterocycles. The SMILES string of the molecule is CCC(C(N)=S)N1CCN(C(=O)c2ccncc2O)CC1. The predicted octanol–water partition coefficient (Wildman–Crippen LogP) is 0.610. The Morgan fingerprint density at radius 1 is 1.48 bits per heavy atom. The molecule has 0 aromatic carbocycles. The van der Waals surface area contributed by atoms with Crippen LogP contribution in [0.2, 0.25) is 0 Å². The Morgan fingerprint density at radius 3 is 2.67 bits per heavy atom. The van der Waals surface area contributed by atoms with Crippen molar-refractivity contribution in [2.75, 3.05) is 26.2 Å². The van der Waals surface area contributed by atoms with Crippen LogP contribution in [0.5, 0.6) is 5.75 Å². The minimum Gasteiger partial charge on any atom is -0.505 e. The van der Waals surface area contributed by atoms with Gasteiger partial charge in [0.05, 0.1) is 22.8 Å². The van der Waals surface area contributed by atoms with E-state index in [1.54, 1.807) is 4.90 Å². The molecule has 1 saturated heterocycles. The van der Waals surface area contributed by atoms with E-state index >= 15 is 0 Å². The summed E-state index contributed by atoms with van der Waals surface area (Å²) >= 11 is 5.09. The smallest absolute Gasteiger partial charge is 0.257 e. The molecule has 1 aliphatic rings. The summed E-state index contributed by atoms with van der Waals surface area (Å²) in [6.07, 6.45) is 3.65. The zero-order chi connectivity index (χ0) is 15.4. The summed E-state index contributed by atoms with van der Waals surface area (Å²) in [6, 6.07) is 1.63. The number of aromatic nitrogens is 1. The first-order chi connectivity index (χ1) is 10.0. The number of piperazine rings is 1. The largest absolute Gasteiger partial charge is 0.505 e. The maximum Gasteiger partial charge on any atom is 0.257 e. The van der Waals surface area contributed by atoms with E-state index in [1.807, 2.05) is 0 Å². The zero-order valence-electron chi connectivity index (χ0n) is 12.0. The molecule has 1 aliphatic heterocycles. The first-order valence-corrected chi connectivity index (χ1v) is 7.41. The van der Waals surface area contributed by atoms with Crippen LogP contribution in [0.1, 0.15) is 23.7 Å². The number of carbonyl (C=O) groups excluding carboxylic acids is 1. The lowest BCUT2D eigenvalue weighted by molar-refractivity contribution is 0.0609. The molecule has 1 aromatic rings. The lowest BCUT2D eigenvalue weighted by Crippen LogP contribution is -2.54. The molecule has 1 amide bonds. The summed E-state index contributed by atoms with van der Waals surface area (Å²) in [5, 5.41) is 9.71. The van der Waals surface area contributed by atoms with Gasteiger partial charge in [-0.15, -0.1) is 0 Å². The molecule has 2 heterocycles.